The van der Waals surface area contributed by atoms with Crippen LogP contribution in [0, 0.1) is 0 Å². The summed E-state index contributed by atoms with van der Waals surface area (Å²) >= 11 is 8.75. The molecule has 0 unspecified atom stereocenters. The minimum atomic E-state index is -0.0472. The number of benzene rings is 3. The maximum absolute atomic E-state index is 13.3. The number of aromatic nitrogens is 2. The summed E-state index contributed by atoms with van der Waals surface area (Å²) in [7, 11) is 0. The first-order chi connectivity index (χ1) is 17.6. The van der Waals surface area contributed by atoms with Crippen molar-refractivity contribution in [1.29, 1.82) is 0 Å². The molecule has 1 fully saturated rings. The smallest absolute Gasteiger partial charge is 0.266 e. The number of hydrogen-bond acceptors (Lipinski definition) is 5. The van der Waals surface area contributed by atoms with Crippen LogP contribution < -0.4 is 0 Å². The first-order valence-electron chi connectivity index (χ1n) is 11.8. The van der Waals surface area contributed by atoms with Crippen molar-refractivity contribution in [3.8, 4) is 16.9 Å². The zero-order valence-corrected chi connectivity index (χ0v) is 22.3. The van der Waals surface area contributed by atoms with E-state index in [1.54, 1.807) is 4.90 Å². The van der Waals surface area contributed by atoms with Crippen molar-refractivity contribution in [1.82, 2.24) is 14.7 Å². The van der Waals surface area contributed by atoms with Crippen LogP contribution in [0.2, 0.25) is 0 Å². The molecule has 0 atom stereocenters. The number of amides is 1. The van der Waals surface area contributed by atoms with Gasteiger partial charge in [-0.3, -0.25) is 9.69 Å². The summed E-state index contributed by atoms with van der Waals surface area (Å²) in [5, 5.41) is 4.91. The molecule has 0 aliphatic carbocycles. The second kappa shape index (κ2) is 11.3. The zero-order chi connectivity index (χ0) is 24.9. The maximum Gasteiger partial charge on any atom is 0.266 e. The van der Waals surface area contributed by atoms with Crippen LogP contribution in [-0.2, 0) is 11.2 Å². The summed E-state index contributed by atoms with van der Waals surface area (Å²) in [6.07, 6.45) is 4.67. The van der Waals surface area contributed by atoms with E-state index in [1.165, 1.54) is 22.2 Å². The van der Waals surface area contributed by atoms with Crippen LogP contribution in [0.3, 0.4) is 0 Å². The number of thioether (sulfide) groups is 2. The molecule has 2 heterocycles. The molecule has 4 aromatic rings. The molecular weight excluding hydrogens is 503 g/mol. The standard InChI is InChI=1S/C29H25N3OS3/c1-2-35-25-15-13-22(14-16-25)27-23(20-32(30-27)24-11-7-4-8-12-24)19-26-28(33)31(29(34)36-26)18-17-21-9-5-3-6-10-21/h3-16,19-20H,2,17-18H2,1H3. The van der Waals surface area contributed by atoms with Crippen molar-refractivity contribution < 1.29 is 4.79 Å². The van der Waals surface area contributed by atoms with Crippen LogP contribution in [0.1, 0.15) is 18.1 Å². The molecule has 5 rings (SSSR count). The fourth-order valence-electron chi connectivity index (χ4n) is 4.03. The Morgan fingerprint density at radius 3 is 2.36 bits per heavy atom. The molecule has 0 saturated carbocycles. The highest BCUT2D eigenvalue weighted by Crippen LogP contribution is 2.35. The molecule has 4 nitrogen and oxygen atoms in total. The third kappa shape index (κ3) is 5.48. The van der Waals surface area contributed by atoms with Crippen molar-refractivity contribution >= 4 is 52.0 Å². The van der Waals surface area contributed by atoms with Gasteiger partial charge in [0.05, 0.1) is 16.3 Å². The Morgan fingerprint density at radius 2 is 1.67 bits per heavy atom. The minimum Gasteiger partial charge on any atom is -0.293 e. The van der Waals surface area contributed by atoms with Crippen molar-refractivity contribution in [2.75, 3.05) is 12.3 Å². The van der Waals surface area contributed by atoms with E-state index in [0.717, 1.165) is 34.7 Å². The lowest BCUT2D eigenvalue weighted by Crippen LogP contribution is -2.30. The molecule has 36 heavy (non-hydrogen) atoms. The van der Waals surface area contributed by atoms with E-state index in [1.807, 2.05) is 77.2 Å². The van der Waals surface area contributed by atoms with Crippen molar-refractivity contribution in [2.24, 2.45) is 0 Å². The predicted molar refractivity (Wildman–Crippen MR) is 155 cm³/mol. The summed E-state index contributed by atoms with van der Waals surface area (Å²) in [6, 6.07) is 28.6. The Balaban J connectivity index is 1.46. The number of hydrogen-bond donors (Lipinski definition) is 0. The Morgan fingerprint density at radius 1 is 0.972 bits per heavy atom. The molecule has 1 aromatic heterocycles. The van der Waals surface area contributed by atoms with Gasteiger partial charge in [0, 0.05) is 28.8 Å². The average molecular weight is 528 g/mol. The van der Waals surface area contributed by atoms with Gasteiger partial charge in [-0.15, -0.1) is 11.8 Å². The lowest BCUT2D eigenvalue weighted by atomic mass is 10.1. The third-order valence-corrected chi connectivity index (χ3v) is 8.10. The van der Waals surface area contributed by atoms with Crippen LogP contribution in [-0.4, -0.2) is 37.2 Å². The Kier molecular flexibility index (Phi) is 7.70. The zero-order valence-electron chi connectivity index (χ0n) is 19.8. The Hall–Kier alpha value is -3.13. The summed E-state index contributed by atoms with van der Waals surface area (Å²) in [5.41, 5.74) is 4.88. The largest absolute Gasteiger partial charge is 0.293 e. The van der Waals surface area contributed by atoms with Gasteiger partial charge in [0.25, 0.3) is 5.91 Å². The van der Waals surface area contributed by atoms with E-state index in [9.17, 15) is 4.79 Å². The summed E-state index contributed by atoms with van der Waals surface area (Å²) < 4.78 is 2.46. The normalized spacial score (nSPS) is 14.7. The Bertz CT molecular complexity index is 1400. The van der Waals surface area contributed by atoms with Gasteiger partial charge < -0.3 is 0 Å². The molecule has 0 radical (unpaired) electrons. The first kappa shape index (κ1) is 24.6. The molecule has 180 valence electrons. The van der Waals surface area contributed by atoms with Gasteiger partial charge in [-0.25, -0.2) is 4.68 Å². The second-order valence-corrected chi connectivity index (χ2v) is 11.3. The van der Waals surface area contributed by atoms with E-state index in [0.29, 0.717) is 15.8 Å². The highest BCUT2D eigenvalue weighted by atomic mass is 32.2. The lowest BCUT2D eigenvalue weighted by molar-refractivity contribution is -0.122. The molecule has 1 saturated heterocycles. The van der Waals surface area contributed by atoms with E-state index >= 15 is 0 Å². The van der Waals surface area contributed by atoms with Gasteiger partial charge in [-0.2, -0.15) is 5.10 Å². The van der Waals surface area contributed by atoms with E-state index in [2.05, 4.69) is 43.3 Å². The number of carbonyl (C=O) groups excluding carboxylic acids is 1. The highest BCUT2D eigenvalue weighted by molar-refractivity contribution is 8.26. The van der Waals surface area contributed by atoms with Crippen LogP contribution in [0.4, 0.5) is 0 Å². The highest BCUT2D eigenvalue weighted by Gasteiger charge is 2.32. The first-order valence-corrected chi connectivity index (χ1v) is 14.0. The SMILES string of the molecule is CCSc1ccc(-c2nn(-c3ccccc3)cc2C=C2SC(=S)N(CCc3ccccc3)C2=O)cc1. The average Bonchev–Trinajstić information content (AvgIpc) is 3.45. The van der Waals surface area contributed by atoms with Gasteiger partial charge in [0.1, 0.15) is 4.32 Å². The molecule has 3 aromatic carbocycles. The Labute approximate surface area is 225 Å². The van der Waals surface area contributed by atoms with Gasteiger partial charge >= 0.3 is 0 Å². The van der Waals surface area contributed by atoms with Gasteiger partial charge in [0.15, 0.2) is 0 Å². The van der Waals surface area contributed by atoms with Gasteiger partial charge in [0.2, 0.25) is 0 Å². The fraction of sp³-hybridized carbons (Fsp3) is 0.138. The molecular formula is C29H25N3OS3. The summed E-state index contributed by atoms with van der Waals surface area (Å²) in [5.74, 6) is 0.980. The van der Waals surface area contributed by atoms with Crippen molar-refractivity contribution in [3.05, 3.63) is 107 Å². The summed E-state index contributed by atoms with van der Waals surface area (Å²) in [6.45, 7) is 2.72. The monoisotopic (exact) mass is 527 g/mol. The fourth-order valence-corrected chi connectivity index (χ4v) is 5.99. The number of nitrogens with zero attached hydrogens (tertiary/aromatic N) is 3. The van der Waals surface area contributed by atoms with Crippen molar-refractivity contribution in [3.63, 3.8) is 0 Å². The number of rotatable bonds is 8. The molecule has 0 N–H and O–H groups in total. The molecule has 1 aliphatic heterocycles. The van der Waals surface area contributed by atoms with Crippen molar-refractivity contribution in [2.45, 2.75) is 18.2 Å². The van der Waals surface area contributed by atoms with Crippen LogP contribution in [0.25, 0.3) is 23.0 Å². The predicted octanol–water partition coefficient (Wildman–Crippen LogP) is 7.10. The quantitative estimate of drug-likeness (QED) is 0.139. The second-order valence-electron chi connectivity index (χ2n) is 8.24. The van der Waals surface area contributed by atoms with E-state index in [4.69, 9.17) is 17.3 Å². The molecule has 1 amide bonds. The number of thiocarbonyl (C=S) groups is 1. The lowest BCUT2D eigenvalue weighted by Gasteiger charge is -2.14. The van der Waals surface area contributed by atoms with Crippen LogP contribution in [0.15, 0.2) is 101 Å². The van der Waals surface area contributed by atoms with Gasteiger partial charge in [-0.05, 0) is 48.1 Å². The van der Waals surface area contributed by atoms with Gasteiger partial charge in [-0.1, -0.05) is 91.6 Å². The minimum absolute atomic E-state index is 0.0472. The molecule has 7 heteroatoms. The third-order valence-electron chi connectivity index (χ3n) is 5.83. The summed E-state index contributed by atoms with van der Waals surface area (Å²) in [4.78, 5) is 16.9. The molecule has 0 spiro atoms. The maximum atomic E-state index is 13.3. The molecule has 0 bridgehead atoms. The van der Waals surface area contributed by atoms with E-state index < -0.39 is 0 Å². The molecule has 1 aliphatic rings. The van der Waals surface area contributed by atoms with E-state index in [-0.39, 0.29) is 5.91 Å². The topological polar surface area (TPSA) is 38.1 Å². The van der Waals surface area contributed by atoms with Crippen LogP contribution >= 0.6 is 35.7 Å². The number of carbonyl (C=O) groups is 1. The van der Waals surface area contributed by atoms with Crippen LogP contribution in [0.5, 0.6) is 0 Å². The number of para-hydroxylation sites is 1.